The van der Waals surface area contributed by atoms with Crippen LogP contribution in [0.1, 0.15) is 11.1 Å². The Balaban J connectivity index is 2.03. The minimum absolute atomic E-state index is 0.232. The Hall–Kier alpha value is -1.69. The molecule has 1 atom stereocenters. The third-order valence-corrected chi connectivity index (χ3v) is 4.25. The number of aliphatic carboxylic acids is 1. The number of hydrogen-bond acceptors (Lipinski definition) is 3. The van der Waals surface area contributed by atoms with Crippen molar-refractivity contribution in [3.05, 3.63) is 35.4 Å². The number of hydrogen-bond donors (Lipinski definition) is 1. The molecule has 2 rings (SSSR count). The van der Waals surface area contributed by atoms with Gasteiger partial charge in [0.2, 0.25) is 0 Å². The summed E-state index contributed by atoms with van der Waals surface area (Å²) in [4.78, 5) is 26.4. The average Bonchev–Trinajstić information content (AvgIpc) is 2.87. The van der Waals surface area contributed by atoms with E-state index in [-0.39, 0.29) is 6.03 Å². The van der Waals surface area contributed by atoms with Gasteiger partial charge in [0.05, 0.1) is 5.88 Å². The molecule has 0 unspecified atom stereocenters. The number of urea groups is 1. The van der Waals surface area contributed by atoms with Gasteiger partial charge in [-0.3, -0.25) is 0 Å². The number of thioether (sulfide) groups is 1. The standard InChI is InChI=1S/C14H18N2O3S/c1-10-4-3-5-11(6-10)7-15(2)14(19)16-9-20-8-12(16)13(17)18/h3-6,12H,7-9H2,1-2H3,(H,17,18)/t12-/m0/s1. The van der Waals surface area contributed by atoms with Gasteiger partial charge in [-0.25, -0.2) is 9.59 Å². The molecule has 1 heterocycles. The number of amides is 2. The second-order valence-electron chi connectivity index (χ2n) is 4.95. The van der Waals surface area contributed by atoms with E-state index < -0.39 is 12.0 Å². The first-order valence-electron chi connectivity index (χ1n) is 6.37. The lowest BCUT2D eigenvalue weighted by molar-refractivity contribution is -0.140. The Morgan fingerprint density at radius 3 is 2.90 bits per heavy atom. The van der Waals surface area contributed by atoms with Crippen LogP contribution in [0, 0.1) is 6.92 Å². The maximum absolute atomic E-state index is 12.3. The minimum atomic E-state index is -0.938. The van der Waals surface area contributed by atoms with Crippen LogP contribution in [-0.2, 0) is 11.3 Å². The Kier molecular flexibility index (Phi) is 4.54. The summed E-state index contributed by atoms with van der Waals surface area (Å²) in [5, 5.41) is 9.11. The molecule has 0 saturated carbocycles. The van der Waals surface area contributed by atoms with Crippen LogP contribution >= 0.6 is 11.8 Å². The summed E-state index contributed by atoms with van der Waals surface area (Å²) in [7, 11) is 1.70. The van der Waals surface area contributed by atoms with E-state index in [0.29, 0.717) is 18.2 Å². The van der Waals surface area contributed by atoms with Crippen LogP contribution in [0.2, 0.25) is 0 Å². The third kappa shape index (κ3) is 3.25. The first-order chi connectivity index (χ1) is 9.49. The van der Waals surface area contributed by atoms with E-state index in [1.165, 1.54) is 16.7 Å². The van der Waals surface area contributed by atoms with Crippen molar-refractivity contribution in [3.63, 3.8) is 0 Å². The first kappa shape index (κ1) is 14.7. The third-order valence-electron chi connectivity index (χ3n) is 3.24. The fraction of sp³-hybridized carbons (Fsp3) is 0.429. The Bertz CT molecular complexity index is 521. The number of aryl methyl sites for hydroxylation is 1. The van der Waals surface area contributed by atoms with Crippen LogP contribution < -0.4 is 0 Å². The molecule has 2 amide bonds. The molecular weight excluding hydrogens is 276 g/mol. The molecule has 1 aromatic rings. The highest BCUT2D eigenvalue weighted by molar-refractivity contribution is 7.99. The summed E-state index contributed by atoms with van der Waals surface area (Å²) >= 11 is 1.47. The van der Waals surface area contributed by atoms with Gasteiger partial charge in [-0.05, 0) is 12.5 Å². The van der Waals surface area contributed by atoms with Gasteiger partial charge in [-0.2, -0.15) is 0 Å². The van der Waals surface area contributed by atoms with Crippen LogP contribution in [0.15, 0.2) is 24.3 Å². The molecule has 0 radical (unpaired) electrons. The van der Waals surface area contributed by atoms with E-state index in [4.69, 9.17) is 5.11 Å². The molecule has 1 aromatic carbocycles. The van der Waals surface area contributed by atoms with E-state index in [2.05, 4.69) is 0 Å². The molecular formula is C14H18N2O3S. The summed E-state index contributed by atoms with van der Waals surface area (Å²) in [6.45, 7) is 2.48. The van der Waals surface area contributed by atoms with Gasteiger partial charge < -0.3 is 14.9 Å². The predicted molar refractivity (Wildman–Crippen MR) is 78.6 cm³/mol. The number of carboxylic acid groups (broad SMARTS) is 1. The number of rotatable bonds is 3. The lowest BCUT2D eigenvalue weighted by Gasteiger charge is -2.27. The minimum Gasteiger partial charge on any atom is -0.480 e. The van der Waals surface area contributed by atoms with Crippen LogP contribution in [0.5, 0.6) is 0 Å². The first-order valence-corrected chi connectivity index (χ1v) is 7.52. The molecule has 20 heavy (non-hydrogen) atoms. The quantitative estimate of drug-likeness (QED) is 0.926. The van der Waals surface area contributed by atoms with Crippen LogP contribution in [0.25, 0.3) is 0 Å². The van der Waals surface area contributed by atoms with Crippen molar-refractivity contribution in [2.24, 2.45) is 0 Å². The van der Waals surface area contributed by atoms with Gasteiger partial charge in [0.15, 0.2) is 0 Å². The zero-order valence-electron chi connectivity index (χ0n) is 11.6. The largest absolute Gasteiger partial charge is 0.480 e. The van der Waals surface area contributed by atoms with Gasteiger partial charge in [0.25, 0.3) is 0 Å². The molecule has 108 valence electrons. The molecule has 0 spiro atoms. The normalized spacial score (nSPS) is 18.1. The highest BCUT2D eigenvalue weighted by Crippen LogP contribution is 2.22. The van der Waals surface area contributed by atoms with Crippen molar-refractivity contribution >= 4 is 23.8 Å². The van der Waals surface area contributed by atoms with E-state index in [0.717, 1.165) is 11.1 Å². The zero-order valence-corrected chi connectivity index (χ0v) is 12.4. The summed E-state index contributed by atoms with van der Waals surface area (Å²) in [5.74, 6) is -0.0415. The molecule has 0 bridgehead atoms. The van der Waals surface area contributed by atoms with Crippen LogP contribution in [0.3, 0.4) is 0 Å². The monoisotopic (exact) mass is 294 g/mol. The van der Waals surface area contributed by atoms with Gasteiger partial charge in [0, 0.05) is 19.3 Å². The number of carbonyl (C=O) groups excluding carboxylic acids is 1. The number of carboxylic acids is 1. The second-order valence-corrected chi connectivity index (χ2v) is 5.95. The molecule has 1 aliphatic heterocycles. The fourth-order valence-corrected chi connectivity index (χ4v) is 3.35. The Labute approximate surface area is 122 Å². The van der Waals surface area contributed by atoms with E-state index in [1.54, 1.807) is 11.9 Å². The number of benzene rings is 1. The van der Waals surface area contributed by atoms with E-state index >= 15 is 0 Å². The van der Waals surface area contributed by atoms with Gasteiger partial charge >= 0.3 is 12.0 Å². The maximum atomic E-state index is 12.3. The van der Waals surface area contributed by atoms with Crippen molar-refractivity contribution in [2.45, 2.75) is 19.5 Å². The SMILES string of the molecule is Cc1cccc(CN(C)C(=O)N2CSC[C@H]2C(=O)O)c1. The molecule has 5 nitrogen and oxygen atoms in total. The van der Waals surface area contributed by atoms with Gasteiger partial charge in [-0.1, -0.05) is 29.8 Å². The molecule has 0 aromatic heterocycles. The van der Waals surface area contributed by atoms with Gasteiger partial charge in [0.1, 0.15) is 6.04 Å². The highest BCUT2D eigenvalue weighted by Gasteiger charge is 2.35. The predicted octanol–water partition coefficient (Wildman–Crippen LogP) is 2.01. The average molecular weight is 294 g/mol. The number of nitrogens with zero attached hydrogens (tertiary/aromatic N) is 2. The molecule has 1 fully saturated rings. The fourth-order valence-electron chi connectivity index (χ4n) is 2.21. The van der Waals surface area contributed by atoms with Crippen molar-refractivity contribution in [1.82, 2.24) is 9.80 Å². The molecule has 1 saturated heterocycles. The highest BCUT2D eigenvalue weighted by atomic mass is 32.2. The van der Waals surface area contributed by atoms with E-state index in [1.807, 2.05) is 31.2 Å². The number of carbonyl (C=O) groups is 2. The van der Waals surface area contributed by atoms with Crippen molar-refractivity contribution in [1.29, 1.82) is 0 Å². The second kappa shape index (κ2) is 6.17. The maximum Gasteiger partial charge on any atom is 0.327 e. The van der Waals surface area contributed by atoms with Crippen molar-refractivity contribution < 1.29 is 14.7 Å². The van der Waals surface area contributed by atoms with E-state index in [9.17, 15) is 9.59 Å². The van der Waals surface area contributed by atoms with Gasteiger partial charge in [-0.15, -0.1) is 11.8 Å². The summed E-state index contributed by atoms with van der Waals surface area (Å²) in [6.07, 6.45) is 0. The molecule has 1 N–H and O–H groups in total. The topological polar surface area (TPSA) is 60.9 Å². The zero-order chi connectivity index (χ0) is 14.7. The smallest absolute Gasteiger partial charge is 0.327 e. The Morgan fingerprint density at radius 2 is 2.25 bits per heavy atom. The van der Waals surface area contributed by atoms with Crippen molar-refractivity contribution in [2.75, 3.05) is 18.7 Å². The summed E-state index contributed by atoms with van der Waals surface area (Å²) in [5.41, 5.74) is 2.18. The molecule has 6 heteroatoms. The summed E-state index contributed by atoms with van der Waals surface area (Å²) in [6, 6.07) is 7.00. The van der Waals surface area contributed by atoms with Crippen LogP contribution in [0.4, 0.5) is 4.79 Å². The lowest BCUT2D eigenvalue weighted by Crippen LogP contribution is -2.47. The van der Waals surface area contributed by atoms with Crippen LogP contribution in [-0.4, -0.2) is 51.6 Å². The molecule has 0 aliphatic carbocycles. The summed E-state index contributed by atoms with van der Waals surface area (Å²) < 4.78 is 0. The molecule has 1 aliphatic rings. The lowest BCUT2D eigenvalue weighted by atomic mass is 10.1. The van der Waals surface area contributed by atoms with Crippen molar-refractivity contribution in [3.8, 4) is 0 Å². The Morgan fingerprint density at radius 1 is 1.50 bits per heavy atom.